The summed E-state index contributed by atoms with van der Waals surface area (Å²) < 4.78 is 1.92. The van der Waals surface area contributed by atoms with Crippen molar-refractivity contribution in [3.63, 3.8) is 0 Å². The van der Waals surface area contributed by atoms with E-state index in [1.165, 1.54) is 11.3 Å². The van der Waals surface area contributed by atoms with Crippen molar-refractivity contribution < 1.29 is 0 Å². The van der Waals surface area contributed by atoms with Crippen molar-refractivity contribution in [2.45, 2.75) is 6.54 Å². The predicted molar refractivity (Wildman–Crippen MR) is 80.8 cm³/mol. The quantitative estimate of drug-likeness (QED) is 0.662. The fraction of sp³-hybridized carbons (Fsp3) is 0.0769. The van der Waals surface area contributed by atoms with Gasteiger partial charge in [0, 0.05) is 22.8 Å². The van der Waals surface area contributed by atoms with Gasteiger partial charge in [0.25, 0.3) is 0 Å². The van der Waals surface area contributed by atoms with E-state index in [1.807, 2.05) is 40.2 Å². The maximum Gasteiger partial charge on any atom is 0.195 e. The summed E-state index contributed by atoms with van der Waals surface area (Å²) in [4.78, 5) is 9.50. The SMILES string of the molecule is Clc1ccccc1CN=Cc1c(Cl)nc2sccn12. The molecule has 0 aliphatic heterocycles. The standard InChI is InChI=1S/C13H9Cl2N3S/c14-10-4-2-1-3-9(10)7-16-8-11-12(15)17-13-18(11)5-6-19-13/h1-6,8H,7H2. The van der Waals surface area contributed by atoms with Gasteiger partial charge in [-0.05, 0) is 11.6 Å². The Morgan fingerprint density at radius 1 is 1.32 bits per heavy atom. The second-order valence-electron chi connectivity index (χ2n) is 3.90. The minimum atomic E-state index is 0.467. The Balaban J connectivity index is 1.85. The minimum Gasteiger partial charge on any atom is -0.288 e. The Morgan fingerprint density at radius 3 is 3.00 bits per heavy atom. The molecule has 0 saturated heterocycles. The molecule has 96 valence electrons. The molecule has 0 aliphatic rings. The van der Waals surface area contributed by atoms with Crippen LogP contribution in [0.2, 0.25) is 10.2 Å². The molecule has 0 fully saturated rings. The molecule has 6 heteroatoms. The van der Waals surface area contributed by atoms with E-state index in [-0.39, 0.29) is 0 Å². The summed E-state index contributed by atoms with van der Waals surface area (Å²) in [5.41, 5.74) is 1.78. The maximum absolute atomic E-state index is 6.08. The maximum atomic E-state index is 6.08. The lowest BCUT2D eigenvalue weighted by atomic mass is 10.2. The molecular weight excluding hydrogens is 301 g/mol. The van der Waals surface area contributed by atoms with Crippen LogP contribution in [0.15, 0.2) is 40.8 Å². The Labute approximate surface area is 124 Å². The first-order valence-corrected chi connectivity index (χ1v) is 7.23. The van der Waals surface area contributed by atoms with Gasteiger partial charge in [0.1, 0.15) is 5.69 Å². The van der Waals surface area contributed by atoms with Gasteiger partial charge in [-0.1, -0.05) is 41.4 Å². The van der Waals surface area contributed by atoms with Gasteiger partial charge in [-0.25, -0.2) is 4.98 Å². The molecule has 2 heterocycles. The van der Waals surface area contributed by atoms with Crippen LogP contribution in [0, 0.1) is 0 Å². The first-order valence-electron chi connectivity index (χ1n) is 5.60. The van der Waals surface area contributed by atoms with E-state index in [0.29, 0.717) is 11.7 Å². The van der Waals surface area contributed by atoms with E-state index >= 15 is 0 Å². The first kappa shape index (κ1) is 12.7. The highest BCUT2D eigenvalue weighted by Gasteiger charge is 2.08. The molecule has 0 aliphatic carbocycles. The number of fused-ring (bicyclic) bond motifs is 1. The van der Waals surface area contributed by atoms with Crippen molar-refractivity contribution in [3.8, 4) is 0 Å². The van der Waals surface area contributed by atoms with Crippen LogP contribution in [-0.2, 0) is 6.54 Å². The van der Waals surface area contributed by atoms with Crippen LogP contribution < -0.4 is 0 Å². The summed E-state index contributed by atoms with van der Waals surface area (Å²) in [6.45, 7) is 0.521. The summed E-state index contributed by atoms with van der Waals surface area (Å²) in [5, 5.41) is 3.15. The van der Waals surface area contributed by atoms with Gasteiger partial charge < -0.3 is 0 Å². The number of benzene rings is 1. The number of aromatic nitrogens is 2. The van der Waals surface area contributed by atoms with Crippen LogP contribution in [0.25, 0.3) is 4.96 Å². The fourth-order valence-corrected chi connectivity index (χ4v) is 2.94. The van der Waals surface area contributed by atoms with E-state index in [9.17, 15) is 0 Å². The van der Waals surface area contributed by atoms with Crippen LogP contribution in [0.1, 0.15) is 11.3 Å². The van der Waals surface area contributed by atoms with Crippen LogP contribution in [0.5, 0.6) is 0 Å². The zero-order valence-corrected chi connectivity index (χ0v) is 12.1. The molecule has 19 heavy (non-hydrogen) atoms. The number of thiazole rings is 1. The van der Waals surface area contributed by atoms with E-state index in [0.717, 1.165) is 21.2 Å². The lowest BCUT2D eigenvalue weighted by molar-refractivity contribution is 1.07. The average Bonchev–Trinajstić information content (AvgIpc) is 2.94. The summed E-state index contributed by atoms with van der Waals surface area (Å²) in [6, 6.07) is 7.66. The van der Waals surface area contributed by atoms with Crippen molar-refractivity contribution in [2.24, 2.45) is 4.99 Å². The summed E-state index contributed by atoms with van der Waals surface area (Å²) in [5.74, 6) is 0. The predicted octanol–water partition coefficient (Wildman–Crippen LogP) is 4.32. The molecule has 0 spiro atoms. The number of hydrogen-bond acceptors (Lipinski definition) is 3. The van der Waals surface area contributed by atoms with Crippen molar-refractivity contribution in [1.82, 2.24) is 9.38 Å². The molecule has 0 atom stereocenters. The number of aliphatic imine (C=N–C) groups is 1. The van der Waals surface area contributed by atoms with E-state index in [1.54, 1.807) is 6.21 Å². The van der Waals surface area contributed by atoms with Crippen LogP contribution in [0.4, 0.5) is 0 Å². The van der Waals surface area contributed by atoms with Crippen molar-refractivity contribution in [3.05, 3.63) is 57.3 Å². The number of imidazole rings is 1. The minimum absolute atomic E-state index is 0.467. The molecule has 2 aromatic heterocycles. The molecule has 0 bridgehead atoms. The molecule has 3 aromatic rings. The molecule has 0 amide bonds. The fourth-order valence-electron chi connectivity index (χ4n) is 1.75. The van der Waals surface area contributed by atoms with Gasteiger partial charge in [0.05, 0.1) is 6.54 Å². The van der Waals surface area contributed by atoms with E-state index < -0.39 is 0 Å². The van der Waals surface area contributed by atoms with E-state index in [2.05, 4.69) is 9.98 Å². The summed E-state index contributed by atoms with van der Waals surface area (Å²) >= 11 is 13.7. The lowest BCUT2D eigenvalue weighted by Gasteiger charge is -1.98. The lowest BCUT2D eigenvalue weighted by Crippen LogP contribution is -1.90. The number of nitrogens with zero attached hydrogens (tertiary/aromatic N) is 3. The molecule has 0 N–H and O–H groups in total. The molecule has 3 rings (SSSR count). The van der Waals surface area contributed by atoms with Crippen LogP contribution in [-0.4, -0.2) is 15.6 Å². The Bertz CT molecular complexity index is 745. The highest BCUT2D eigenvalue weighted by Crippen LogP contribution is 2.20. The van der Waals surface area contributed by atoms with Crippen LogP contribution >= 0.6 is 34.5 Å². The topological polar surface area (TPSA) is 29.7 Å². The van der Waals surface area contributed by atoms with Gasteiger partial charge in [-0.2, -0.15) is 0 Å². The van der Waals surface area contributed by atoms with Crippen molar-refractivity contribution in [1.29, 1.82) is 0 Å². The van der Waals surface area contributed by atoms with Gasteiger partial charge >= 0.3 is 0 Å². The Morgan fingerprint density at radius 2 is 2.16 bits per heavy atom. The Kier molecular flexibility index (Phi) is 3.55. The summed E-state index contributed by atoms with van der Waals surface area (Å²) in [7, 11) is 0. The van der Waals surface area contributed by atoms with Crippen molar-refractivity contribution in [2.75, 3.05) is 0 Å². The molecule has 0 radical (unpaired) electrons. The zero-order valence-electron chi connectivity index (χ0n) is 9.75. The third kappa shape index (κ3) is 2.52. The van der Waals surface area contributed by atoms with E-state index in [4.69, 9.17) is 23.2 Å². The van der Waals surface area contributed by atoms with Crippen molar-refractivity contribution >= 4 is 45.7 Å². The third-order valence-electron chi connectivity index (χ3n) is 2.69. The third-order valence-corrected chi connectivity index (χ3v) is 4.09. The number of halogens is 2. The number of rotatable bonds is 3. The molecule has 3 nitrogen and oxygen atoms in total. The van der Waals surface area contributed by atoms with Gasteiger partial charge in [-0.15, -0.1) is 11.3 Å². The Hall–Kier alpha value is -1.36. The highest BCUT2D eigenvalue weighted by molar-refractivity contribution is 7.15. The first-order chi connectivity index (χ1) is 9.25. The molecule has 1 aromatic carbocycles. The average molecular weight is 310 g/mol. The van der Waals surface area contributed by atoms with Gasteiger partial charge in [0.15, 0.2) is 10.1 Å². The summed E-state index contributed by atoms with van der Waals surface area (Å²) in [6.07, 6.45) is 3.66. The highest BCUT2D eigenvalue weighted by atomic mass is 35.5. The van der Waals surface area contributed by atoms with Gasteiger partial charge in [0.2, 0.25) is 0 Å². The van der Waals surface area contributed by atoms with Crippen LogP contribution in [0.3, 0.4) is 0 Å². The molecule has 0 saturated carbocycles. The smallest absolute Gasteiger partial charge is 0.195 e. The second-order valence-corrected chi connectivity index (χ2v) is 5.54. The number of hydrogen-bond donors (Lipinski definition) is 0. The van der Waals surface area contributed by atoms with Gasteiger partial charge in [-0.3, -0.25) is 9.39 Å². The monoisotopic (exact) mass is 309 g/mol. The zero-order chi connectivity index (χ0) is 13.2. The second kappa shape index (κ2) is 5.33. The normalized spacial score (nSPS) is 11.7. The molecule has 0 unspecified atom stereocenters. The largest absolute Gasteiger partial charge is 0.288 e. The molecular formula is C13H9Cl2N3S.